The van der Waals surface area contributed by atoms with Crippen molar-refractivity contribution in [3.63, 3.8) is 0 Å². The van der Waals surface area contributed by atoms with Gasteiger partial charge in [-0.25, -0.2) is 18.7 Å². The molecule has 10 heteroatoms. The largest absolute Gasteiger partial charge is 0.390 e. The van der Waals surface area contributed by atoms with Crippen LogP contribution < -0.4 is 15.5 Å². The summed E-state index contributed by atoms with van der Waals surface area (Å²) in [5.74, 6) is -1.14. The van der Waals surface area contributed by atoms with Crippen molar-refractivity contribution in [2.24, 2.45) is 0 Å². The first-order valence-corrected chi connectivity index (χ1v) is 14.1. The Balaban J connectivity index is 1.60. The number of benzene rings is 2. The van der Waals surface area contributed by atoms with Crippen LogP contribution >= 0.6 is 15.9 Å². The Hall–Kier alpha value is -2.95. The summed E-state index contributed by atoms with van der Waals surface area (Å²) in [7, 11) is 0. The third kappa shape index (κ3) is 7.41. The molecule has 1 unspecified atom stereocenters. The van der Waals surface area contributed by atoms with Crippen molar-refractivity contribution in [1.29, 1.82) is 0 Å². The van der Waals surface area contributed by atoms with E-state index in [2.05, 4.69) is 80.4 Å². The van der Waals surface area contributed by atoms with Crippen LogP contribution in [0.5, 0.6) is 0 Å². The Morgan fingerprint density at radius 2 is 1.82 bits per heavy atom. The maximum absolute atomic E-state index is 13.8. The summed E-state index contributed by atoms with van der Waals surface area (Å²) in [4.78, 5) is 23.0. The number of amides is 1. The SMILES string of the molecule is CC(=O)N[C@@H](Cc1cc(F)cc(F)c1)[C@@H](O)CNC1(c2cccc(C(C)(C)C)c2)CCN(c2ncc(Br)cn2)C1. The molecule has 2 aromatic carbocycles. The van der Waals surface area contributed by atoms with Gasteiger partial charge in [-0.15, -0.1) is 0 Å². The number of aliphatic hydroxyl groups is 1. The predicted octanol–water partition coefficient (Wildman–Crippen LogP) is 4.62. The molecule has 1 aliphatic heterocycles. The zero-order valence-corrected chi connectivity index (χ0v) is 24.8. The minimum atomic E-state index is -1.03. The molecule has 2 heterocycles. The third-order valence-electron chi connectivity index (χ3n) is 7.32. The lowest BCUT2D eigenvalue weighted by Crippen LogP contribution is -2.53. The van der Waals surface area contributed by atoms with Crippen LogP contribution in [0.4, 0.5) is 14.7 Å². The minimum Gasteiger partial charge on any atom is -0.390 e. The lowest BCUT2D eigenvalue weighted by Gasteiger charge is -2.35. The number of aliphatic hydroxyl groups excluding tert-OH is 1. The van der Waals surface area contributed by atoms with E-state index in [1.54, 1.807) is 12.4 Å². The van der Waals surface area contributed by atoms with Gasteiger partial charge in [-0.2, -0.15) is 0 Å². The molecule has 3 N–H and O–H groups in total. The molecule has 1 amide bonds. The molecule has 0 spiro atoms. The normalized spacial score (nSPS) is 18.9. The van der Waals surface area contributed by atoms with Gasteiger partial charge in [-0.1, -0.05) is 45.0 Å². The van der Waals surface area contributed by atoms with Gasteiger partial charge in [0, 0.05) is 45.0 Å². The highest BCUT2D eigenvalue weighted by molar-refractivity contribution is 9.10. The van der Waals surface area contributed by atoms with Crippen LogP contribution in [-0.2, 0) is 22.2 Å². The molecule has 1 saturated heterocycles. The molecule has 3 aromatic rings. The first kappa shape index (κ1) is 30.0. The number of aromatic nitrogens is 2. The third-order valence-corrected chi connectivity index (χ3v) is 7.73. The fraction of sp³-hybridized carbons (Fsp3) is 0.433. The molecule has 0 saturated carbocycles. The second kappa shape index (κ2) is 12.3. The van der Waals surface area contributed by atoms with Gasteiger partial charge in [0.15, 0.2) is 0 Å². The van der Waals surface area contributed by atoms with Gasteiger partial charge in [0.25, 0.3) is 0 Å². The highest BCUT2D eigenvalue weighted by atomic mass is 79.9. The Kier molecular flexibility index (Phi) is 9.22. The average molecular weight is 617 g/mol. The van der Waals surface area contributed by atoms with Crippen LogP contribution in [0.2, 0.25) is 0 Å². The summed E-state index contributed by atoms with van der Waals surface area (Å²) in [5.41, 5.74) is 2.02. The van der Waals surface area contributed by atoms with Crippen LogP contribution in [0.25, 0.3) is 0 Å². The molecular weight excluding hydrogens is 580 g/mol. The summed E-state index contributed by atoms with van der Waals surface area (Å²) in [6.45, 7) is 9.25. The fourth-order valence-corrected chi connectivity index (χ4v) is 5.39. The number of rotatable bonds is 9. The predicted molar refractivity (Wildman–Crippen MR) is 155 cm³/mol. The van der Waals surface area contributed by atoms with Crippen molar-refractivity contribution in [3.8, 4) is 0 Å². The van der Waals surface area contributed by atoms with E-state index in [4.69, 9.17) is 0 Å². The van der Waals surface area contributed by atoms with E-state index in [1.807, 2.05) is 6.07 Å². The van der Waals surface area contributed by atoms with Crippen molar-refractivity contribution < 1.29 is 18.7 Å². The lowest BCUT2D eigenvalue weighted by atomic mass is 9.81. The number of nitrogens with zero attached hydrogens (tertiary/aromatic N) is 3. The van der Waals surface area contributed by atoms with Gasteiger partial charge in [-0.3, -0.25) is 4.79 Å². The molecule has 0 aliphatic carbocycles. The average Bonchev–Trinajstić information content (AvgIpc) is 3.32. The molecule has 4 rings (SSSR count). The Bertz CT molecular complexity index is 1310. The van der Waals surface area contributed by atoms with Crippen LogP contribution in [-0.4, -0.2) is 52.8 Å². The highest BCUT2D eigenvalue weighted by Crippen LogP contribution is 2.36. The molecular formula is C30H36BrF2N5O2. The van der Waals surface area contributed by atoms with E-state index >= 15 is 0 Å². The second-order valence-electron chi connectivity index (χ2n) is 11.5. The maximum Gasteiger partial charge on any atom is 0.225 e. The zero-order valence-electron chi connectivity index (χ0n) is 23.2. The number of carbonyl (C=O) groups is 1. The second-order valence-corrected chi connectivity index (χ2v) is 12.4. The standard InChI is InChI=1S/C30H36BrF2N5O2/c1-19(39)37-26(12-20-10-24(32)14-25(33)11-20)27(40)17-36-30(22-7-5-6-21(13-22)29(2,3)4)8-9-38(18-30)28-34-15-23(31)16-35-28/h5-7,10-11,13-16,26-27,36,40H,8-9,12,17-18H2,1-4H3,(H,37,39)/t26-,27-,30?/m0/s1. The van der Waals surface area contributed by atoms with Gasteiger partial charge in [-0.05, 0) is 63.0 Å². The van der Waals surface area contributed by atoms with Gasteiger partial charge in [0.05, 0.1) is 22.2 Å². The smallest absolute Gasteiger partial charge is 0.225 e. The summed E-state index contributed by atoms with van der Waals surface area (Å²) in [6.07, 6.45) is 3.20. The van der Waals surface area contributed by atoms with E-state index in [9.17, 15) is 18.7 Å². The molecule has 40 heavy (non-hydrogen) atoms. The summed E-state index contributed by atoms with van der Waals surface area (Å²) in [6, 6.07) is 10.9. The molecule has 3 atom stereocenters. The zero-order chi connectivity index (χ0) is 29.1. The van der Waals surface area contributed by atoms with E-state index in [-0.39, 0.29) is 24.3 Å². The molecule has 1 aromatic heterocycles. The van der Waals surface area contributed by atoms with E-state index < -0.39 is 29.3 Å². The maximum atomic E-state index is 13.8. The molecule has 1 aliphatic rings. The highest BCUT2D eigenvalue weighted by Gasteiger charge is 2.41. The van der Waals surface area contributed by atoms with Crippen LogP contribution in [0, 0.1) is 11.6 Å². The van der Waals surface area contributed by atoms with E-state index in [1.165, 1.54) is 24.6 Å². The lowest BCUT2D eigenvalue weighted by molar-refractivity contribution is -0.120. The van der Waals surface area contributed by atoms with Crippen LogP contribution in [0.15, 0.2) is 59.3 Å². The first-order valence-electron chi connectivity index (χ1n) is 13.3. The summed E-state index contributed by atoms with van der Waals surface area (Å²) >= 11 is 3.39. The number of carbonyl (C=O) groups excluding carboxylic acids is 1. The van der Waals surface area contributed by atoms with Crippen molar-refractivity contribution in [3.05, 3.63) is 87.7 Å². The summed E-state index contributed by atoms with van der Waals surface area (Å²) < 4.78 is 28.5. The molecule has 7 nitrogen and oxygen atoms in total. The summed E-state index contributed by atoms with van der Waals surface area (Å²) in [5, 5.41) is 17.6. The van der Waals surface area contributed by atoms with Crippen molar-refractivity contribution in [2.45, 2.75) is 63.6 Å². The molecule has 0 bridgehead atoms. The van der Waals surface area contributed by atoms with Crippen LogP contribution in [0.1, 0.15) is 50.8 Å². The number of nitrogens with one attached hydrogen (secondary N) is 2. The Morgan fingerprint density at radius 1 is 1.15 bits per heavy atom. The van der Waals surface area contributed by atoms with Gasteiger partial charge >= 0.3 is 0 Å². The topological polar surface area (TPSA) is 90.4 Å². The van der Waals surface area contributed by atoms with Crippen molar-refractivity contribution >= 4 is 27.8 Å². The van der Waals surface area contributed by atoms with Gasteiger partial charge in [0.1, 0.15) is 11.6 Å². The fourth-order valence-electron chi connectivity index (χ4n) is 5.18. The Labute approximate surface area is 242 Å². The van der Waals surface area contributed by atoms with Gasteiger partial charge < -0.3 is 20.6 Å². The van der Waals surface area contributed by atoms with Gasteiger partial charge in [0.2, 0.25) is 11.9 Å². The van der Waals surface area contributed by atoms with Crippen molar-refractivity contribution in [2.75, 3.05) is 24.5 Å². The number of hydrogen-bond donors (Lipinski definition) is 3. The number of halogens is 3. The number of anilines is 1. The molecule has 1 fully saturated rings. The monoisotopic (exact) mass is 615 g/mol. The van der Waals surface area contributed by atoms with Crippen molar-refractivity contribution in [1.82, 2.24) is 20.6 Å². The Morgan fingerprint density at radius 3 is 2.45 bits per heavy atom. The molecule has 0 radical (unpaired) electrons. The van der Waals surface area contributed by atoms with E-state index in [0.717, 1.165) is 22.5 Å². The molecule has 214 valence electrons. The minimum absolute atomic E-state index is 0.0550. The quantitative estimate of drug-likeness (QED) is 0.325. The first-order chi connectivity index (χ1) is 18.8. The van der Waals surface area contributed by atoms with E-state index in [0.29, 0.717) is 24.6 Å². The van der Waals surface area contributed by atoms with Crippen LogP contribution in [0.3, 0.4) is 0 Å². The number of hydrogen-bond acceptors (Lipinski definition) is 6.